The highest BCUT2D eigenvalue weighted by Gasteiger charge is 2.28. The van der Waals surface area contributed by atoms with Gasteiger partial charge in [-0.05, 0) is 33.1 Å². The highest BCUT2D eigenvalue weighted by molar-refractivity contribution is 8.21. The van der Waals surface area contributed by atoms with Crippen molar-refractivity contribution in [1.82, 2.24) is 0 Å². The Morgan fingerprint density at radius 3 is 1.52 bits per heavy atom. The molecule has 0 heterocycles. The molecule has 0 fully saturated rings. The largest absolute Gasteiger partial charge is 0.293 e. The first-order valence-corrected chi connectivity index (χ1v) is 11.5. The van der Waals surface area contributed by atoms with Gasteiger partial charge in [0, 0.05) is 5.75 Å². The molecule has 0 rings (SSSR count). The van der Waals surface area contributed by atoms with Crippen molar-refractivity contribution in [3.63, 3.8) is 0 Å². The fourth-order valence-corrected chi connectivity index (χ4v) is 5.28. The van der Waals surface area contributed by atoms with Gasteiger partial charge in [-0.3, -0.25) is 12.5 Å². The van der Waals surface area contributed by atoms with Crippen LogP contribution in [0.4, 0.5) is 0 Å². The van der Waals surface area contributed by atoms with Gasteiger partial charge in [-0.25, -0.2) is 0 Å². The lowest BCUT2D eigenvalue weighted by Gasteiger charge is -2.38. The van der Waals surface area contributed by atoms with E-state index in [1.807, 2.05) is 20.8 Å². The standard InChI is InChI=1S/C19H42O3S/c1-6-10-11-12-13-14-15-16-17-19(5)18-23(20-7-2,21-8-3)22-9-4/h19H,6-18H2,1-5H3. The van der Waals surface area contributed by atoms with E-state index in [-0.39, 0.29) is 0 Å². The maximum atomic E-state index is 5.90. The predicted molar refractivity (Wildman–Crippen MR) is 104 cm³/mol. The summed E-state index contributed by atoms with van der Waals surface area (Å²) in [7, 11) is -1.80. The second-order valence-corrected chi connectivity index (χ2v) is 8.47. The summed E-state index contributed by atoms with van der Waals surface area (Å²) >= 11 is 0. The Balaban J connectivity index is 3.95. The lowest BCUT2D eigenvalue weighted by molar-refractivity contribution is 0.182. The molecule has 3 nitrogen and oxygen atoms in total. The van der Waals surface area contributed by atoms with Crippen molar-refractivity contribution in [1.29, 1.82) is 0 Å². The molecular formula is C19H42O3S. The summed E-state index contributed by atoms with van der Waals surface area (Å²) in [6.07, 6.45) is 12.3. The Bertz CT molecular complexity index is 232. The minimum Gasteiger partial charge on any atom is -0.293 e. The smallest absolute Gasteiger partial charge is 0.0889 e. The molecule has 0 N–H and O–H groups in total. The van der Waals surface area contributed by atoms with E-state index in [4.69, 9.17) is 12.5 Å². The molecule has 142 valence electrons. The molecule has 0 aromatic rings. The molecule has 0 aliphatic carbocycles. The highest BCUT2D eigenvalue weighted by atomic mass is 32.3. The SMILES string of the molecule is CCCCCCCCCCC(C)CS(OCC)(OCC)OCC. The van der Waals surface area contributed by atoms with Gasteiger partial charge in [-0.15, -0.1) is 0 Å². The highest BCUT2D eigenvalue weighted by Crippen LogP contribution is 2.53. The molecule has 4 heteroatoms. The van der Waals surface area contributed by atoms with Gasteiger partial charge in [-0.1, -0.05) is 65.2 Å². The first-order chi connectivity index (χ1) is 11.1. The van der Waals surface area contributed by atoms with Crippen LogP contribution in [0.15, 0.2) is 0 Å². The van der Waals surface area contributed by atoms with Gasteiger partial charge in [0.1, 0.15) is 0 Å². The van der Waals surface area contributed by atoms with Gasteiger partial charge in [0.2, 0.25) is 0 Å². The Morgan fingerprint density at radius 1 is 0.652 bits per heavy atom. The van der Waals surface area contributed by atoms with Crippen LogP contribution in [0.25, 0.3) is 0 Å². The number of hydrogen-bond acceptors (Lipinski definition) is 3. The van der Waals surface area contributed by atoms with E-state index in [0.29, 0.717) is 25.7 Å². The maximum Gasteiger partial charge on any atom is 0.0889 e. The fourth-order valence-electron chi connectivity index (χ4n) is 2.84. The van der Waals surface area contributed by atoms with E-state index in [0.717, 1.165) is 5.75 Å². The van der Waals surface area contributed by atoms with Crippen LogP contribution in [0.5, 0.6) is 0 Å². The monoisotopic (exact) mass is 350 g/mol. The van der Waals surface area contributed by atoms with Crippen molar-refractivity contribution in [3.05, 3.63) is 0 Å². The molecule has 0 bridgehead atoms. The average molecular weight is 351 g/mol. The van der Waals surface area contributed by atoms with Crippen molar-refractivity contribution in [2.24, 2.45) is 5.92 Å². The zero-order valence-electron chi connectivity index (χ0n) is 16.4. The summed E-state index contributed by atoms with van der Waals surface area (Å²) in [6.45, 7) is 12.6. The van der Waals surface area contributed by atoms with E-state index in [1.165, 1.54) is 57.8 Å². The van der Waals surface area contributed by atoms with Crippen molar-refractivity contribution in [2.75, 3.05) is 25.6 Å². The number of hydrogen-bond donors (Lipinski definition) is 0. The van der Waals surface area contributed by atoms with Crippen LogP contribution in [0, 0.1) is 5.92 Å². The molecule has 23 heavy (non-hydrogen) atoms. The van der Waals surface area contributed by atoms with E-state index in [9.17, 15) is 0 Å². The Kier molecular flexibility index (Phi) is 15.9. The molecule has 0 amide bonds. The normalized spacial score (nSPS) is 14.1. The Labute approximate surface area is 147 Å². The minimum absolute atomic E-state index is 0.592. The van der Waals surface area contributed by atoms with E-state index in [1.54, 1.807) is 0 Å². The third kappa shape index (κ3) is 12.3. The maximum absolute atomic E-state index is 5.90. The third-order valence-corrected chi connectivity index (χ3v) is 6.69. The lowest BCUT2D eigenvalue weighted by Crippen LogP contribution is -2.20. The zero-order valence-corrected chi connectivity index (χ0v) is 17.2. The molecule has 1 atom stereocenters. The molecule has 0 radical (unpaired) electrons. The molecule has 0 aromatic carbocycles. The molecule has 0 aliphatic rings. The van der Waals surface area contributed by atoms with Crippen LogP contribution < -0.4 is 0 Å². The summed E-state index contributed by atoms with van der Waals surface area (Å²) in [4.78, 5) is 0. The van der Waals surface area contributed by atoms with E-state index >= 15 is 0 Å². The van der Waals surface area contributed by atoms with Gasteiger partial charge in [-0.2, -0.15) is 0 Å². The third-order valence-electron chi connectivity index (χ3n) is 3.93. The molecular weight excluding hydrogens is 308 g/mol. The molecule has 0 saturated heterocycles. The molecule has 0 aromatic heterocycles. The van der Waals surface area contributed by atoms with Crippen LogP contribution in [0.1, 0.15) is 92.4 Å². The van der Waals surface area contributed by atoms with Crippen LogP contribution in [-0.2, 0) is 12.5 Å². The van der Waals surface area contributed by atoms with Gasteiger partial charge in [0.25, 0.3) is 0 Å². The van der Waals surface area contributed by atoms with Crippen molar-refractivity contribution >= 4 is 10.9 Å². The van der Waals surface area contributed by atoms with Crippen molar-refractivity contribution < 1.29 is 12.5 Å². The van der Waals surface area contributed by atoms with Gasteiger partial charge in [0.05, 0.1) is 30.7 Å². The zero-order chi connectivity index (χ0) is 17.4. The number of rotatable bonds is 17. The number of unbranched alkanes of at least 4 members (excludes halogenated alkanes) is 7. The van der Waals surface area contributed by atoms with Crippen molar-refractivity contribution in [3.8, 4) is 0 Å². The molecule has 1 unspecified atom stereocenters. The van der Waals surface area contributed by atoms with E-state index in [2.05, 4.69) is 13.8 Å². The summed E-state index contributed by atoms with van der Waals surface area (Å²) in [6, 6.07) is 0. The first kappa shape index (κ1) is 23.2. The Morgan fingerprint density at radius 2 is 1.09 bits per heavy atom. The van der Waals surface area contributed by atoms with Crippen LogP contribution in [0.2, 0.25) is 0 Å². The summed E-state index contributed by atoms with van der Waals surface area (Å²) in [5.74, 6) is 1.49. The topological polar surface area (TPSA) is 27.7 Å². The molecule has 0 spiro atoms. The minimum atomic E-state index is -1.80. The van der Waals surface area contributed by atoms with Crippen LogP contribution in [-0.4, -0.2) is 25.6 Å². The van der Waals surface area contributed by atoms with Gasteiger partial charge < -0.3 is 0 Å². The van der Waals surface area contributed by atoms with Gasteiger partial charge in [0.15, 0.2) is 0 Å². The summed E-state index contributed by atoms with van der Waals surface area (Å²) in [5, 5.41) is 0. The summed E-state index contributed by atoms with van der Waals surface area (Å²) < 4.78 is 17.7. The van der Waals surface area contributed by atoms with Crippen LogP contribution >= 0.6 is 10.9 Å². The first-order valence-electron chi connectivity index (χ1n) is 9.88. The van der Waals surface area contributed by atoms with Crippen LogP contribution in [0.3, 0.4) is 0 Å². The Hall–Kier alpha value is 0.230. The second kappa shape index (κ2) is 15.7. The quantitative estimate of drug-likeness (QED) is 0.270. The second-order valence-electron chi connectivity index (χ2n) is 6.31. The lowest BCUT2D eigenvalue weighted by atomic mass is 10.0. The summed E-state index contributed by atoms with van der Waals surface area (Å²) in [5.41, 5.74) is 0. The predicted octanol–water partition coefficient (Wildman–Crippen LogP) is 6.81. The van der Waals surface area contributed by atoms with Crippen molar-refractivity contribution in [2.45, 2.75) is 92.4 Å². The van der Waals surface area contributed by atoms with E-state index < -0.39 is 10.9 Å². The molecule has 0 saturated carbocycles. The van der Waals surface area contributed by atoms with Gasteiger partial charge >= 0.3 is 0 Å². The fraction of sp³-hybridized carbons (Fsp3) is 1.00. The molecule has 0 aliphatic heterocycles. The average Bonchev–Trinajstić information content (AvgIpc) is 2.50.